The van der Waals surface area contributed by atoms with Crippen LogP contribution in [0.5, 0.6) is 5.75 Å². The summed E-state index contributed by atoms with van der Waals surface area (Å²) >= 11 is 0. The molecule has 29 heavy (non-hydrogen) atoms. The van der Waals surface area contributed by atoms with Crippen molar-refractivity contribution in [2.24, 2.45) is 5.92 Å². The molecule has 0 unspecified atom stereocenters. The van der Waals surface area contributed by atoms with E-state index >= 15 is 0 Å². The van der Waals surface area contributed by atoms with Crippen molar-refractivity contribution in [1.29, 1.82) is 0 Å². The second kappa shape index (κ2) is 10.4. The molecule has 1 fully saturated rings. The molecule has 7 heteroatoms. The molecule has 0 aliphatic carbocycles. The highest BCUT2D eigenvalue weighted by Gasteiger charge is 2.36. The Bertz CT molecular complexity index is 834. The lowest BCUT2D eigenvalue weighted by molar-refractivity contribution is -0.151. The molecule has 2 heterocycles. The maximum Gasteiger partial charge on any atom is 0.330 e. The number of aromatic nitrogens is 1. The van der Waals surface area contributed by atoms with Crippen LogP contribution in [0.25, 0.3) is 6.08 Å². The van der Waals surface area contributed by atoms with Gasteiger partial charge in [0.15, 0.2) is 0 Å². The molecule has 1 aliphatic rings. The van der Waals surface area contributed by atoms with E-state index in [9.17, 15) is 9.59 Å². The lowest BCUT2D eigenvalue weighted by atomic mass is 9.96. The van der Waals surface area contributed by atoms with E-state index in [1.165, 1.54) is 13.2 Å². The largest absolute Gasteiger partial charge is 0.490 e. The molecule has 0 N–H and O–H groups in total. The first-order valence-electron chi connectivity index (χ1n) is 9.34. The first-order valence-corrected chi connectivity index (χ1v) is 9.34. The van der Waals surface area contributed by atoms with Gasteiger partial charge in [-0.2, -0.15) is 0 Å². The van der Waals surface area contributed by atoms with Crippen LogP contribution in [-0.4, -0.2) is 43.9 Å². The van der Waals surface area contributed by atoms with Crippen LogP contribution in [0.1, 0.15) is 23.7 Å². The molecule has 7 nitrogen and oxygen atoms in total. The summed E-state index contributed by atoms with van der Waals surface area (Å²) in [4.78, 5) is 27.5. The van der Waals surface area contributed by atoms with E-state index in [2.05, 4.69) is 9.72 Å². The SMILES string of the molecule is COC(=O)/C=C/c1ccc(OCCOC(=O)[C@@H]2CCO[C@H]2c2ccncc2)cc1. The number of carbonyl (C=O) groups is 2. The zero-order valence-electron chi connectivity index (χ0n) is 16.2. The van der Waals surface area contributed by atoms with Crippen molar-refractivity contribution in [1.82, 2.24) is 4.98 Å². The highest BCUT2D eigenvalue weighted by atomic mass is 16.6. The predicted octanol–water partition coefficient (Wildman–Crippen LogP) is 2.97. The fourth-order valence-corrected chi connectivity index (χ4v) is 3.03. The number of esters is 2. The normalized spacial score (nSPS) is 18.5. The third-order valence-corrected chi connectivity index (χ3v) is 4.52. The van der Waals surface area contributed by atoms with Gasteiger partial charge in [0.05, 0.1) is 19.1 Å². The predicted molar refractivity (Wildman–Crippen MR) is 105 cm³/mol. The van der Waals surface area contributed by atoms with E-state index in [0.717, 1.165) is 11.1 Å². The number of rotatable bonds is 8. The van der Waals surface area contributed by atoms with Crippen LogP contribution in [0, 0.1) is 5.92 Å². The maximum atomic E-state index is 12.4. The lowest BCUT2D eigenvalue weighted by Gasteiger charge is -2.17. The minimum atomic E-state index is -0.411. The Hall–Kier alpha value is -3.19. The van der Waals surface area contributed by atoms with E-state index in [0.29, 0.717) is 18.8 Å². The maximum absolute atomic E-state index is 12.4. The van der Waals surface area contributed by atoms with Gasteiger partial charge in [-0.3, -0.25) is 9.78 Å². The summed E-state index contributed by atoms with van der Waals surface area (Å²) in [6.07, 6.45) is 6.71. The van der Waals surface area contributed by atoms with Crippen LogP contribution in [0.4, 0.5) is 0 Å². The van der Waals surface area contributed by atoms with Gasteiger partial charge in [-0.05, 0) is 47.9 Å². The summed E-state index contributed by atoms with van der Waals surface area (Å²) < 4.78 is 21.2. The van der Waals surface area contributed by atoms with Gasteiger partial charge in [-0.15, -0.1) is 0 Å². The molecule has 152 valence electrons. The molecular weight excluding hydrogens is 374 g/mol. The van der Waals surface area contributed by atoms with Gasteiger partial charge >= 0.3 is 11.9 Å². The van der Waals surface area contributed by atoms with Gasteiger partial charge in [0, 0.05) is 25.1 Å². The highest BCUT2D eigenvalue weighted by Crippen LogP contribution is 2.35. The minimum Gasteiger partial charge on any atom is -0.490 e. The second-order valence-electron chi connectivity index (χ2n) is 6.41. The second-order valence-corrected chi connectivity index (χ2v) is 6.41. The molecule has 0 spiro atoms. The molecule has 1 aliphatic heterocycles. The monoisotopic (exact) mass is 397 g/mol. The Morgan fingerprint density at radius 3 is 2.62 bits per heavy atom. The molecule has 0 saturated carbocycles. The molecule has 0 radical (unpaired) electrons. The Morgan fingerprint density at radius 1 is 1.14 bits per heavy atom. The van der Waals surface area contributed by atoms with Crippen molar-refractivity contribution >= 4 is 18.0 Å². The van der Waals surface area contributed by atoms with Crippen LogP contribution in [0.3, 0.4) is 0 Å². The van der Waals surface area contributed by atoms with Gasteiger partial charge in [-0.1, -0.05) is 12.1 Å². The van der Waals surface area contributed by atoms with E-state index in [1.807, 2.05) is 24.3 Å². The lowest BCUT2D eigenvalue weighted by Crippen LogP contribution is -2.23. The van der Waals surface area contributed by atoms with E-state index in [-0.39, 0.29) is 31.2 Å². The molecule has 2 aromatic rings. The number of carbonyl (C=O) groups excluding carboxylic acids is 2. The minimum absolute atomic E-state index is 0.155. The number of benzene rings is 1. The fourth-order valence-electron chi connectivity index (χ4n) is 3.03. The third kappa shape index (κ3) is 5.89. The Kier molecular flexibility index (Phi) is 7.35. The molecule has 0 bridgehead atoms. The molecule has 1 aromatic carbocycles. The van der Waals surface area contributed by atoms with Gasteiger partial charge in [-0.25, -0.2) is 4.79 Å². The average molecular weight is 397 g/mol. The van der Waals surface area contributed by atoms with Gasteiger partial charge in [0.1, 0.15) is 19.0 Å². The van der Waals surface area contributed by atoms with E-state index in [1.54, 1.807) is 30.6 Å². The van der Waals surface area contributed by atoms with Crippen molar-refractivity contribution in [3.8, 4) is 5.75 Å². The molecule has 2 atom stereocenters. The zero-order valence-corrected chi connectivity index (χ0v) is 16.2. The zero-order chi connectivity index (χ0) is 20.5. The Morgan fingerprint density at radius 2 is 1.90 bits per heavy atom. The molecule has 0 amide bonds. The smallest absolute Gasteiger partial charge is 0.330 e. The Balaban J connectivity index is 1.42. The average Bonchev–Trinajstić information content (AvgIpc) is 3.26. The number of ether oxygens (including phenoxy) is 4. The van der Waals surface area contributed by atoms with Crippen molar-refractivity contribution < 1.29 is 28.5 Å². The first-order chi connectivity index (χ1) is 14.2. The molecule has 3 rings (SSSR count). The summed E-state index contributed by atoms with van der Waals surface area (Å²) in [6, 6.07) is 10.9. The van der Waals surface area contributed by atoms with Crippen LogP contribution in [0.15, 0.2) is 54.9 Å². The number of methoxy groups -OCH3 is 1. The van der Waals surface area contributed by atoms with Crippen LogP contribution in [-0.2, 0) is 23.8 Å². The van der Waals surface area contributed by atoms with Gasteiger partial charge < -0.3 is 18.9 Å². The van der Waals surface area contributed by atoms with Crippen molar-refractivity contribution in [3.05, 3.63) is 66.0 Å². The fraction of sp³-hybridized carbons (Fsp3) is 0.318. The van der Waals surface area contributed by atoms with E-state index < -0.39 is 5.97 Å². The molecule has 1 aromatic heterocycles. The van der Waals surface area contributed by atoms with Crippen molar-refractivity contribution in [2.45, 2.75) is 12.5 Å². The van der Waals surface area contributed by atoms with Gasteiger partial charge in [0.25, 0.3) is 0 Å². The first kappa shape index (κ1) is 20.5. The summed E-state index contributed by atoms with van der Waals surface area (Å²) in [5.74, 6) is -0.365. The van der Waals surface area contributed by atoms with Crippen LogP contribution >= 0.6 is 0 Å². The third-order valence-electron chi connectivity index (χ3n) is 4.52. The quantitative estimate of drug-likeness (QED) is 0.385. The van der Waals surface area contributed by atoms with Crippen molar-refractivity contribution in [2.75, 3.05) is 26.9 Å². The number of hydrogen-bond acceptors (Lipinski definition) is 7. The number of hydrogen-bond donors (Lipinski definition) is 0. The molecule has 1 saturated heterocycles. The summed E-state index contributed by atoms with van der Waals surface area (Å²) in [6.45, 7) is 0.930. The standard InChI is InChI=1S/C22H23NO6/c1-26-20(24)7-4-16-2-5-18(6-3-16)27-14-15-29-22(25)19-10-13-28-21(19)17-8-11-23-12-9-17/h2-9,11-12,19,21H,10,13-15H2,1H3/b7-4+/t19-,21+/m1/s1. The summed E-state index contributed by atoms with van der Waals surface area (Å²) in [5.41, 5.74) is 1.77. The highest BCUT2D eigenvalue weighted by molar-refractivity contribution is 5.86. The van der Waals surface area contributed by atoms with Crippen molar-refractivity contribution in [3.63, 3.8) is 0 Å². The number of pyridine rings is 1. The van der Waals surface area contributed by atoms with Crippen LogP contribution in [0.2, 0.25) is 0 Å². The van der Waals surface area contributed by atoms with Crippen LogP contribution < -0.4 is 4.74 Å². The van der Waals surface area contributed by atoms with Gasteiger partial charge in [0.2, 0.25) is 0 Å². The van der Waals surface area contributed by atoms with E-state index in [4.69, 9.17) is 14.2 Å². The summed E-state index contributed by atoms with van der Waals surface area (Å²) in [5, 5.41) is 0. The topological polar surface area (TPSA) is 84.0 Å². The molecular formula is C22H23NO6. The number of nitrogens with zero attached hydrogens (tertiary/aromatic N) is 1. The Labute approximate surface area is 169 Å². The summed E-state index contributed by atoms with van der Waals surface area (Å²) in [7, 11) is 1.33.